The highest BCUT2D eigenvalue weighted by atomic mass is 16.6. The smallest absolute Gasteiger partial charge is 0.334 e. The molecule has 5 rings (SSSR count). The predicted molar refractivity (Wildman–Crippen MR) is 91.0 cm³/mol. The van der Waals surface area contributed by atoms with Gasteiger partial charge in [0.1, 0.15) is 23.9 Å². The fraction of sp³-hybridized carbons (Fsp3) is 0.850. The first-order chi connectivity index (χ1) is 12.1. The quantitative estimate of drug-likeness (QED) is 0.603. The Labute approximate surface area is 153 Å². The molecule has 0 amide bonds. The minimum Gasteiger partial charge on any atom is -0.458 e. The number of fused-ring (bicyclic) bond motifs is 4. The van der Waals surface area contributed by atoms with Crippen LogP contribution in [0.3, 0.4) is 0 Å². The zero-order chi connectivity index (χ0) is 18.7. The molecule has 144 valence electrons. The van der Waals surface area contributed by atoms with E-state index in [1.807, 2.05) is 20.8 Å². The molecule has 0 aromatic heterocycles. The second kappa shape index (κ2) is 4.72. The second-order valence-corrected chi connectivity index (χ2v) is 9.59. The van der Waals surface area contributed by atoms with E-state index in [0.717, 1.165) is 11.1 Å². The topological polar surface area (TPSA) is 96.2 Å². The average molecular weight is 364 g/mol. The van der Waals surface area contributed by atoms with Crippen LogP contribution in [0.15, 0.2) is 11.1 Å². The zero-order valence-corrected chi connectivity index (χ0v) is 15.6. The Morgan fingerprint density at radius 1 is 1.19 bits per heavy atom. The zero-order valence-electron chi connectivity index (χ0n) is 15.6. The molecule has 3 N–H and O–H groups in total. The highest BCUT2D eigenvalue weighted by Crippen LogP contribution is 2.69. The van der Waals surface area contributed by atoms with E-state index in [2.05, 4.69) is 0 Å². The normalized spacial score (nSPS) is 55.0. The summed E-state index contributed by atoms with van der Waals surface area (Å²) in [4.78, 5) is 12.0. The molecule has 3 fully saturated rings. The molecule has 0 spiro atoms. The molecule has 26 heavy (non-hydrogen) atoms. The number of ether oxygens (including phenoxy) is 2. The molecule has 6 heteroatoms. The van der Waals surface area contributed by atoms with E-state index in [9.17, 15) is 20.1 Å². The van der Waals surface area contributed by atoms with E-state index < -0.39 is 34.4 Å². The Balaban J connectivity index is 1.68. The van der Waals surface area contributed by atoms with E-state index in [0.29, 0.717) is 32.1 Å². The summed E-state index contributed by atoms with van der Waals surface area (Å²) in [6.45, 7) is 6.26. The fourth-order valence-electron chi connectivity index (χ4n) is 7.02. The van der Waals surface area contributed by atoms with Crippen molar-refractivity contribution in [2.75, 3.05) is 6.61 Å². The molecule has 0 aromatic rings. The third-order valence-corrected chi connectivity index (χ3v) is 8.72. The summed E-state index contributed by atoms with van der Waals surface area (Å²) in [5.41, 5.74) is -2.87. The number of esters is 1. The van der Waals surface area contributed by atoms with Gasteiger partial charge in [-0.1, -0.05) is 20.8 Å². The van der Waals surface area contributed by atoms with Crippen molar-refractivity contribution in [2.45, 2.75) is 81.9 Å². The summed E-state index contributed by atoms with van der Waals surface area (Å²) in [6.07, 6.45) is 0.789. The maximum Gasteiger partial charge on any atom is 0.334 e. The lowest BCUT2D eigenvalue weighted by atomic mass is 9.43. The van der Waals surface area contributed by atoms with Crippen molar-refractivity contribution in [2.24, 2.45) is 17.3 Å². The number of carbonyl (C=O) groups is 1. The Morgan fingerprint density at radius 3 is 2.62 bits per heavy atom. The van der Waals surface area contributed by atoms with Crippen molar-refractivity contribution in [1.82, 2.24) is 0 Å². The predicted octanol–water partition coefficient (Wildman–Crippen LogP) is 1.07. The van der Waals surface area contributed by atoms with Crippen LogP contribution in [0.2, 0.25) is 0 Å². The Kier molecular flexibility index (Phi) is 3.11. The summed E-state index contributed by atoms with van der Waals surface area (Å²) >= 11 is 0. The summed E-state index contributed by atoms with van der Waals surface area (Å²) in [5, 5.41) is 34.8. The first-order valence-electron chi connectivity index (χ1n) is 9.81. The Morgan fingerprint density at radius 2 is 1.92 bits per heavy atom. The average Bonchev–Trinajstić information content (AvgIpc) is 3.04. The molecule has 0 aromatic carbocycles. The number of aliphatic hydroxyl groups is 3. The molecular formula is C20H28O6. The third kappa shape index (κ3) is 1.51. The van der Waals surface area contributed by atoms with Crippen LogP contribution in [0.5, 0.6) is 0 Å². The lowest BCUT2D eigenvalue weighted by Gasteiger charge is -2.64. The van der Waals surface area contributed by atoms with E-state index in [1.54, 1.807) is 0 Å². The van der Waals surface area contributed by atoms with Crippen LogP contribution in [0.1, 0.15) is 52.9 Å². The molecule has 0 radical (unpaired) electrons. The summed E-state index contributed by atoms with van der Waals surface area (Å²) < 4.78 is 11.6. The van der Waals surface area contributed by atoms with Crippen LogP contribution < -0.4 is 0 Å². The molecule has 1 saturated heterocycles. The molecule has 2 heterocycles. The van der Waals surface area contributed by atoms with Gasteiger partial charge in [-0.2, -0.15) is 0 Å². The molecule has 5 aliphatic rings. The number of hydrogen-bond donors (Lipinski definition) is 3. The van der Waals surface area contributed by atoms with Crippen molar-refractivity contribution in [3.05, 3.63) is 11.1 Å². The molecule has 3 aliphatic carbocycles. The summed E-state index contributed by atoms with van der Waals surface area (Å²) in [6, 6.07) is 0. The van der Waals surface area contributed by atoms with E-state index in [1.165, 1.54) is 0 Å². The van der Waals surface area contributed by atoms with Gasteiger partial charge in [0.05, 0.1) is 11.7 Å². The van der Waals surface area contributed by atoms with Gasteiger partial charge in [0, 0.05) is 11.0 Å². The standard InChI is InChI=1S/C20H28O6/c1-10(2)18-6-7-19(23)17(3)5-4-11-12(9-25-15(11)21)13(17)8-14(26-18)20(19,24)16(18)22/h10,13-14,16,22-24H,4-9H2,1-3H3/t13?,14-,16+,17-,18-,19+,20+/m1/s1. The van der Waals surface area contributed by atoms with Crippen LogP contribution in [-0.2, 0) is 14.3 Å². The number of aliphatic hydroxyl groups excluding tert-OH is 1. The van der Waals surface area contributed by atoms with Crippen LogP contribution in [0.25, 0.3) is 0 Å². The van der Waals surface area contributed by atoms with Crippen LogP contribution in [0, 0.1) is 17.3 Å². The Hall–Kier alpha value is -0.950. The number of cyclic esters (lactones) is 1. The third-order valence-electron chi connectivity index (χ3n) is 8.72. The highest BCUT2D eigenvalue weighted by molar-refractivity contribution is 5.92. The second-order valence-electron chi connectivity index (χ2n) is 9.59. The van der Waals surface area contributed by atoms with Gasteiger partial charge in [-0.3, -0.25) is 0 Å². The van der Waals surface area contributed by atoms with Gasteiger partial charge in [-0.15, -0.1) is 0 Å². The number of carbonyl (C=O) groups excluding carboxylic acids is 1. The first-order valence-corrected chi connectivity index (χ1v) is 9.81. The van der Waals surface area contributed by atoms with Crippen molar-refractivity contribution in [3.8, 4) is 0 Å². The van der Waals surface area contributed by atoms with Gasteiger partial charge in [0.25, 0.3) is 0 Å². The van der Waals surface area contributed by atoms with E-state index in [-0.39, 0.29) is 24.4 Å². The molecule has 2 bridgehead atoms. The van der Waals surface area contributed by atoms with E-state index >= 15 is 0 Å². The molecule has 7 atom stereocenters. The summed E-state index contributed by atoms with van der Waals surface area (Å²) in [5.74, 6) is -0.302. The van der Waals surface area contributed by atoms with Gasteiger partial charge < -0.3 is 24.8 Å². The van der Waals surface area contributed by atoms with E-state index in [4.69, 9.17) is 9.47 Å². The lowest BCUT2D eigenvalue weighted by molar-refractivity contribution is -0.298. The molecule has 6 nitrogen and oxygen atoms in total. The number of hydrogen-bond acceptors (Lipinski definition) is 6. The minimum absolute atomic E-state index is 0.0256. The summed E-state index contributed by atoms with van der Waals surface area (Å²) in [7, 11) is 0. The van der Waals surface area contributed by atoms with Gasteiger partial charge >= 0.3 is 5.97 Å². The van der Waals surface area contributed by atoms with Crippen LogP contribution in [-0.4, -0.2) is 56.9 Å². The number of rotatable bonds is 1. The SMILES string of the molecule is CC(C)[C@]12CC[C@@]3(O)[C@@](O)([C@H]1O)[C@@H](CC1C4=C(CC[C@]13C)C(=O)OC4)O2. The highest BCUT2D eigenvalue weighted by Gasteiger charge is 2.81. The Bertz CT molecular complexity index is 730. The monoisotopic (exact) mass is 364 g/mol. The molecular weight excluding hydrogens is 336 g/mol. The first kappa shape index (κ1) is 17.2. The largest absolute Gasteiger partial charge is 0.458 e. The van der Waals surface area contributed by atoms with Crippen molar-refractivity contribution >= 4 is 5.97 Å². The van der Waals surface area contributed by atoms with Crippen molar-refractivity contribution in [1.29, 1.82) is 0 Å². The molecule has 1 unspecified atom stereocenters. The van der Waals surface area contributed by atoms with Crippen molar-refractivity contribution < 1.29 is 29.6 Å². The molecule has 2 saturated carbocycles. The van der Waals surface area contributed by atoms with Crippen LogP contribution in [0.4, 0.5) is 0 Å². The lowest BCUT2D eigenvalue weighted by Crippen LogP contribution is -2.78. The van der Waals surface area contributed by atoms with Crippen LogP contribution >= 0.6 is 0 Å². The minimum atomic E-state index is -1.68. The maximum absolute atomic E-state index is 12.0. The molecule has 2 aliphatic heterocycles. The fourth-order valence-corrected chi connectivity index (χ4v) is 7.02. The van der Waals surface area contributed by atoms with Gasteiger partial charge in [-0.05, 0) is 49.5 Å². The van der Waals surface area contributed by atoms with Gasteiger partial charge in [0.2, 0.25) is 0 Å². The van der Waals surface area contributed by atoms with Gasteiger partial charge in [-0.25, -0.2) is 4.79 Å². The van der Waals surface area contributed by atoms with Crippen molar-refractivity contribution in [3.63, 3.8) is 0 Å². The maximum atomic E-state index is 12.0. The van der Waals surface area contributed by atoms with Gasteiger partial charge in [0.15, 0.2) is 0 Å².